The van der Waals surface area contributed by atoms with Crippen molar-refractivity contribution in [3.05, 3.63) is 54.0 Å². The maximum atomic E-state index is 12.9. The van der Waals surface area contributed by atoms with Crippen molar-refractivity contribution in [3.63, 3.8) is 0 Å². The molecule has 0 aliphatic carbocycles. The number of pyridine rings is 1. The van der Waals surface area contributed by atoms with Gasteiger partial charge >= 0.3 is 0 Å². The van der Waals surface area contributed by atoms with Crippen LogP contribution in [-0.4, -0.2) is 47.9 Å². The van der Waals surface area contributed by atoms with Gasteiger partial charge in [-0.25, -0.2) is 9.37 Å². The van der Waals surface area contributed by atoms with Gasteiger partial charge in [0.05, 0.1) is 18.8 Å². The van der Waals surface area contributed by atoms with Crippen LogP contribution in [0.5, 0.6) is 0 Å². The molecule has 4 rings (SSSR count). The molecule has 2 fully saturated rings. The normalized spacial score (nSPS) is 18.9. The van der Waals surface area contributed by atoms with Crippen molar-refractivity contribution in [1.29, 1.82) is 0 Å². The maximum Gasteiger partial charge on any atom is 0.255 e. The number of halogens is 1. The first-order valence-corrected chi connectivity index (χ1v) is 8.69. The summed E-state index contributed by atoms with van der Waals surface area (Å²) in [6.07, 6.45) is 2.94. The minimum atomic E-state index is -0.488. The van der Waals surface area contributed by atoms with Gasteiger partial charge in [0, 0.05) is 37.8 Å². The summed E-state index contributed by atoms with van der Waals surface area (Å²) < 4.78 is 24.3. The van der Waals surface area contributed by atoms with Crippen LogP contribution in [0.15, 0.2) is 42.6 Å². The second-order valence-corrected chi connectivity index (χ2v) is 6.46. The highest BCUT2D eigenvalue weighted by atomic mass is 19.1. The van der Waals surface area contributed by atoms with Gasteiger partial charge in [0.15, 0.2) is 5.79 Å². The Hall–Kier alpha value is -2.51. The Bertz CT molecular complexity index is 764. The molecular weight excluding hydrogens is 337 g/mol. The first-order valence-electron chi connectivity index (χ1n) is 8.69. The van der Waals surface area contributed by atoms with Crippen molar-refractivity contribution >= 4 is 17.4 Å². The number of hydrogen-bond acceptors (Lipinski definition) is 5. The zero-order valence-corrected chi connectivity index (χ0v) is 14.3. The van der Waals surface area contributed by atoms with Gasteiger partial charge in [-0.2, -0.15) is 0 Å². The van der Waals surface area contributed by atoms with Crippen LogP contribution in [0.2, 0.25) is 0 Å². The number of amides is 1. The van der Waals surface area contributed by atoms with Crippen molar-refractivity contribution in [3.8, 4) is 0 Å². The van der Waals surface area contributed by atoms with Crippen molar-refractivity contribution in [2.75, 3.05) is 31.6 Å². The Morgan fingerprint density at radius 3 is 2.38 bits per heavy atom. The summed E-state index contributed by atoms with van der Waals surface area (Å²) >= 11 is 0. The van der Waals surface area contributed by atoms with Crippen molar-refractivity contribution in [1.82, 2.24) is 9.88 Å². The number of nitrogens with one attached hydrogen (secondary N) is 1. The van der Waals surface area contributed by atoms with Crippen LogP contribution in [0.3, 0.4) is 0 Å². The van der Waals surface area contributed by atoms with Gasteiger partial charge in [0.1, 0.15) is 11.6 Å². The minimum absolute atomic E-state index is 0.0429. The van der Waals surface area contributed by atoms with Crippen LogP contribution in [0.1, 0.15) is 23.2 Å². The molecule has 2 aliphatic heterocycles. The Kier molecular flexibility index (Phi) is 4.57. The van der Waals surface area contributed by atoms with Crippen LogP contribution >= 0.6 is 0 Å². The summed E-state index contributed by atoms with van der Waals surface area (Å²) in [7, 11) is 0. The van der Waals surface area contributed by atoms with Gasteiger partial charge in [0.25, 0.3) is 5.91 Å². The third kappa shape index (κ3) is 3.54. The Morgan fingerprint density at radius 1 is 1.08 bits per heavy atom. The molecule has 1 spiro atoms. The quantitative estimate of drug-likeness (QED) is 0.915. The number of rotatable bonds is 3. The molecule has 1 aromatic carbocycles. The van der Waals surface area contributed by atoms with E-state index in [1.807, 2.05) is 0 Å². The minimum Gasteiger partial charge on any atom is -0.347 e. The van der Waals surface area contributed by atoms with E-state index in [0.717, 1.165) is 5.69 Å². The van der Waals surface area contributed by atoms with E-state index in [1.165, 1.54) is 12.1 Å². The Morgan fingerprint density at radius 2 is 1.77 bits per heavy atom. The first-order chi connectivity index (χ1) is 12.6. The molecule has 0 radical (unpaired) electrons. The van der Waals surface area contributed by atoms with E-state index >= 15 is 0 Å². The molecule has 0 unspecified atom stereocenters. The fraction of sp³-hybridized carbons (Fsp3) is 0.368. The lowest BCUT2D eigenvalue weighted by atomic mass is 10.0. The molecule has 136 valence electrons. The van der Waals surface area contributed by atoms with E-state index in [4.69, 9.17) is 9.47 Å². The number of carbonyl (C=O) groups is 1. The fourth-order valence-corrected chi connectivity index (χ4v) is 3.29. The van der Waals surface area contributed by atoms with Gasteiger partial charge in [-0.05, 0) is 36.4 Å². The second-order valence-electron chi connectivity index (χ2n) is 6.46. The summed E-state index contributed by atoms with van der Waals surface area (Å²) in [5.74, 6) is -0.226. The average molecular weight is 357 g/mol. The van der Waals surface area contributed by atoms with Crippen LogP contribution in [0.4, 0.5) is 15.9 Å². The van der Waals surface area contributed by atoms with Gasteiger partial charge < -0.3 is 19.7 Å². The molecule has 2 aromatic rings. The third-order valence-corrected chi connectivity index (χ3v) is 4.75. The molecule has 1 aromatic heterocycles. The third-order valence-electron chi connectivity index (χ3n) is 4.75. The standard InChI is InChI=1S/C19H20FN3O3/c20-15-2-4-16(5-3-15)22-17-6-1-14(13-21-17)18(24)23-9-7-19(8-10-23)25-11-12-26-19/h1-6,13H,7-12H2,(H,21,22). The summed E-state index contributed by atoms with van der Waals surface area (Å²) in [5.41, 5.74) is 1.27. The van der Waals surface area contributed by atoms with E-state index in [1.54, 1.807) is 35.4 Å². The molecule has 6 nitrogen and oxygen atoms in total. The number of piperidine rings is 1. The lowest BCUT2D eigenvalue weighted by Crippen LogP contribution is -2.47. The molecule has 0 bridgehead atoms. The lowest BCUT2D eigenvalue weighted by molar-refractivity contribution is -0.181. The number of carbonyl (C=O) groups excluding carboxylic acids is 1. The topological polar surface area (TPSA) is 63.7 Å². The highest BCUT2D eigenvalue weighted by Gasteiger charge is 2.40. The van der Waals surface area contributed by atoms with Gasteiger partial charge in [-0.1, -0.05) is 0 Å². The fourth-order valence-electron chi connectivity index (χ4n) is 3.29. The monoisotopic (exact) mass is 357 g/mol. The van der Waals surface area contributed by atoms with Crippen LogP contribution in [0.25, 0.3) is 0 Å². The predicted octanol–water partition coefficient (Wildman–Crippen LogP) is 2.94. The molecule has 26 heavy (non-hydrogen) atoms. The van der Waals surface area contributed by atoms with Crippen LogP contribution in [0, 0.1) is 5.82 Å². The molecule has 0 atom stereocenters. The van der Waals surface area contributed by atoms with E-state index in [-0.39, 0.29) is 11.7 Å². The summed E-state index contributed by atoms with van der Waals surface area (Å²) in [4.78, 5) is 18.7. The number of anilines is 2. The maximum absolute atomic E-state index is 12.9. The number of aromatic nitrogens is 1. The molecule has 0 saturated carbocycles. The summed E-state index contributed by atoms with van der Waals surface area (Å²) in [5, 5.41) is 3.07. The van der Waals surface area contributed by atoms with Gasteiger partial charge in [-0.3, -0.25) is 4.79 Å². The number of benzene rings is 1. The van der Waals surface area contributed by atoms with E-state index in [0.29, 0.717) is 50.5 Å². The summed E-state index contributed by atoms with van der Waals surface area (Å²) in [6, 6.07) is 9.50. The molecule has 2 aliphatic rings. The molecule has 7 heteroatoms. The number of ether oxygens (including phenoxy) is 2. The SMILES string of the molecule is O=C(c1ccc(Nc2ccc(F)cc2)nc1)N1CCC2(CC1)OCCO2. The summed E-state index contributed by atoms with van der Waals surface area (Å²) in [6.45, 7) is 2.46. The Balaban J connectivity index is 1.37. The number of nitrogens with zero attached hydrogens (tertiary/aromatic N) is 2. The highest BCUT2D eigenvalue weighted by Crippen LogP contribution is 2.31. The van der Waals surface area contributed by atoms with Gasteiger partial charge in [-0.15, -0.1) is 0 Å². The van der Waals surface area contributed by atoms with Crippen molar-refractivity contribution < 1.29 is 18.7 Å². The highest BCUT2D eigenvalue weighted by molar-refractivity contribution is 5.94. The zero-order chi connectivity index (χ0) is 18.0. The van der Waals surface area contributed by atoms with Crippen molar-refractivity contribution in [2.24, 2.45) is 0 Å². The largest absolute Gasteiger partial charge is 0.347 e. The van der Waals surface area contributed by atoms with Crippen LogP contribution in [-0.2, 0) is 9.47 Å². The smallest absolute Gasteiger partial charge is 0.255 e. The molecule has 1 N–H and O–H groups in total. The van der Waals surface area contributed by atoms with Crippen molar-refractivity contribution in [2.45, 2.75) is 18.6 Å². The van der Waals surface area contributed by atoms with Gasteiger partial charge in [0.2, 0.25) is 0 Å². The molecule has 2 saturated heterocycles. The predicted molar refractivity (Wildman–Crippen MR) is 93.7 cm³/mol. The van der Waals surface area contributed by atoms with E-state index in [9.17, 15) is 9.18 Å². The first kappa shape index (κ1) is 16.9. The van der Waals surface area contributed by atoms with E-state index in [2.05, 4.69) is 10.3 Å². The molecule has 3 heterocycles. The average Bonchev–Trinajstić information content (AvgIpc) is 3.12. The zero-order valence-electron chi connectivity index (χ0n) is 14.3. The van der Waals surface area contributed by atoms with E-state index < -0.39 is 5.79 Å². The molecular formula is C19H20FN3O3. The number of likely N-dealkylation sites (tertiary alicyclic amines) is 1. The van der Waals surface area contributed by atoms with Crippen LogP contribution < -0.4 is 5.32 Å². The molecule has 1 amide bonds. The Labute approximate surface area is 150 Å². The number of hydrogen-bond donors (Lipinski definition) is 1. The lowest BCUT2D eigenvalue weighted by Gasteiger charge is -2.37. The second kappa shape index (κ2) is 7.01.